The second-order valence-electron chi connectivity index (χ2n) is 10.7. The summed E-state index contributed by atoms with van der Waals surface area (Å²) in [5.74, 6) is 2.39. The lowest BCUT2D eigenvalue weighted by molar-refractivity contribution is 0.621. The van der Waals surface area contributed by atoms with E-state index in [1.807, 2.05) is 103 Å². The van der Waals surface area contributed by atoms with Gasteiger partial charge >= 0.3 is 0 Å². The monoisotopic (exact) mass is 578 g/mol. The van der Waals surface area contributed by atoms with Crippen LogP contribution in [0.1, 0.15) is 0 Å². The van der Waals surface area contributed by atoms with Crippen molar-refractivity contribution < 1.29 is 4.42 Å². The lowest BCUT2D eigenvalue weighted by atomic mass is 9.98. The van der Waals surface area contributed by atoms with Crippen molar-refractivity contribution in [2.45, 2.75) is 0 Å². The Morgan fingerprint density at radius 3 is 1.44 bits per heavy atom. The van der Waals surface area contributed by atoms with E-state index in [2.05, 4.69) is 54.6 Å². The molecule has 0 N–H and O–H groups in total. The standard InChI is InChI=1S/C40H26N4O/c1-4-13-27(14-5-1)28-23-25-30(26-24-28)38-42-37(29-15-6-2-7-16-29)43-39(44-38)34-20-11-10-19-32(34)33-21-12-22-35-36(33)45-40(41-35)31-17-8-3-9-18-31/h1-26H. The summed E-state index contributed by atoms with van der Waals surface area (Å²) in [4.78, 5) is 19.8. The minimum atomic E-state index is 0.585. The Bertz CT molecular complexity index is 2250. The van der Waals surface area contributed by atoms with Gasteiger partial charge in [-0.2, -0.15) is 0 Å². The number of hydrogen-bond donors (Lipinski definition) is 0. The Kier molecular flexibility index (Phi) is 6.74. The number of oxazole rings is 1. The summed E-state index contributed by atoms with van der Waals surface area (Å²) in [5.41, 5.74) is 9.34. The van der Waals surface area contributed by atoms with Crippen LogP contribution in [0.25, 0.3) is 79.0 Å². The molecular formula is C40H26N4O. The second kappa shape index (κ2) is 11.5. The molecule has 0 aliphatic rings. The highest BCUT2D eigenvalue weighted by Gasteiger charge is 2.19. The Balaban J connectivity index is 1.28. The van der Waals surface area contributed by atoms with Crippen LogP contribution in [0.2, 0.25) is 0 Å². The van der Waals surface area contributed by atoms with E-state index in [0.717, 1.165) is 55.6 Å². The first kappa shape index (κ1) is 26.4. The van der Waals surface area contributed by atoms with Gasteiger partial charge in [-0.3, -0.25) is 0 Å². The van der Waals surface area contributed by atoms with E-state index in [4.69, 9.17) is 24.4 Å². The quantitative estimate of drug-likeness (QED) is 0.196. The van der Waals surface area contributed by atoms with Gasteiger partial charge in [0.25, 0.3) is 0 Å². The summed E-state index contributed by atoms with van der Waals surface area (Å²) in [6, 6.07) is 52.9. The summed E-state index contributed by atoms with van der Waals surface area (Å²) in [6.07, 6.45) is 0. The minimum Gasteiger partial charge on any atom is -0.435 e. The summed E-state index contributed by atoms with van der Waals surface area (Å²) >= 11 is 0. The van der Waals surface area contributed by atoms with E-state index in [1.54, 1.807) is 0 Å². The number of fused-ring (bicyclic) bond motifs is 1. The average Bonchev–Trinajstić information content (AvgIpc) is 3.58. The van der Waals surface area contributed by atoms with Crippen LogP contribution in [0.15, 0.2) is 162 Å². The van der Waals surface area contributed by atoms with Crippen LogP contribution in [-0.4, -0.2) is 19.9 Å². The summed E-state index contributed by atoms with van der Waals surface area (Å²) in [5, 5.41) is 0. The van der Waals surface area contributed by atoms with Crippen LogP contribution >= 0.6 is 0 Å². The van der Waals surface area contributed by atoms with Crippen LogP contribution in [0.3, 0.4) is 0 Å². The first-order chi connectivity index (χ1) is 22.3. The molecule has 0 saturated heterocycles. The Morgan fingerprint density at radius 2 is 0.778 bits per heavy atom. The first-order valence-corrected chi connectivity index (χ1v) is 14.8. The molecule has 45 heavy (non-hydrogen) atoms. The van der Waals surface area contributed by atoms with Gasteiger partial charge in [-0.25, -0.2) is 19.9 Å². The van der Waals surface area contributed by atoms with Gasteiger partial charge in [0.2, 0.25) is 5.89 Å². The molecule has 0 aliphatic heterocycles. The van der Waals surface area contributed by atoms with Crippen LogP contribution in [0.5, 0.6) is 0 Å². The molecule has 212 valence electrons. The zero-order chi connectivity index (χ0) is 30.0. The lowest BCUT2D eigenvalue weighted by Gasteiger charge is -2.12. The topological polar surface area (TPSA) is 64.7 Å². The van der Waals surface area contributed by atoms with Crippen LogP contribution < -0.4 is 0 Å². The van der Waals surface area contributed by atoms with Gasteiger partial charge in [0.15, 0.2) is 23.1 Å². The molecule has 0 radical (unpaired) electrons. The zero-order valence-corrected chi connectivity index (χ0v) is 24.2. The van der Waals surface area contributed by atoms with Crippen molar-refractivity contribution in [3.05, 3.63) is 158 Å². The summed E-state index contributed by atoms with van der Waals surface area (Å²) in [6.45, 7) is 0. The van der Waals surface area contributed by atoms with Gasteiger partial charge in [-0.1, -0.05) is 140 Å². The molecule has 6 aromatic carbocycles. The first-order valence-electron chi connectivity index (χ1n) is 14.8. The predicted octanol–water partition coefficient (Wildman–Crippen LogP) is 10.0. The molecule has 0 fully saturated rings. The average molecular weight is 579 g/mol. The molecule has 0 unspecified atom stereocenters. The van der Waals surface area contributed by atoms with E-state index in [9.17, 15) is 0 Å². The normalized spacial score (nSPS) is 11.1. The fraction of sp³-hybridized carbons (Fsp3) is 0. The highest BCUT2D eigenvalue weighted by Crippen LogP contribution is 2.38. The molecule has 0 atom stereocenters. The SMILES string of the molecule is c1ccc(-c2ccc(-c3nc(-c4ccccc4)nc(-c4ccccc4-c4cccc5nc(-c6ccccc6)oc45)n3)cc2)cc1. The van der Waals surface area contributed by atoms with Crippen molar-refractivity contribution >= 4 is 11.1 Å². The van der Waals surface area contributed by atoms with Gasteiger partial charge in [0.1, 0.15) is 5.52 Å². The lowest BCUT2D eigenvalue weighted by Crippen LogP contribution is -2.01. The van der Waals surface area contributed by atoms with Crippen molar-refractivity contribution in [2.24, 2.45) is 0 Å². The van der Waals surface area contributed by atoms with E-state index in [0.29, 0.717) is 23.4 Å². The molecule has 5 heteroatoms. The summed E-state index contributed by atoms with van der Waals surface area (Å²) in [7, 11) is 0. The fourth-order valence-corrected chi connectivity index (χ4v) is 5.56. The van der Waals surface area contributed by atoms with Crippen molar-refractivity contribution in [1.82, 2.24) is 19.9 Å². The summed E-state index contributed by atoms with van der Waals surface area (Å²) < 4.78 is 6.40. The van der Waals surface area contributed by atoms with Gasteiger partial charge in [-0.05, 0) is 34.9 Å². The maximum absolute atomic E-state index is 6.40. The second-order valence-corrected chi connectivity index (χ2v) is 10.7. The van der Waals surface area contributed by atoms with E-state index >= 15 is 0 Å². The molecule has 2 aromatic heterocycles. The number of aromatic nitrogens is 4. The maximum Gasteiger partial charge on any atom is 0.227 e. The van der Waals surface area contributed by atoms with E-state index in [-0.39, 0.29) is 0 Å². The molecule has 8 aromatic rings. The van der Waals surface area contributed by atoms with Gasteiger partial charge in [-0.15, -0.1) is 0 Å². The Hall–Kier alpha value is -6.20. The molecule has 0 aliphatic carbocycles. The maximum atomic E-state index is 6.40. The molecule has 0 saturated carbocycles. The Morgan fingerprint density at radius 1 is 0.311 bits per heavy atom. The van der Waals surface area contributed by atoms with Crippen LogP contribution in [0, 0.1) is 0 Å². The highest BCUT2D eigenvalue weighted by atomic mass is 16.3. The number of benzene rings is 6. The van der Waals surface area contributed by atoms with Crippen LogP contribution in [0.4, 0.5) is 0 Å². The van der Waals surface area contributed by atoms with Gasteiger partial charge in [0.05, 0.1) is 0 Å². The predicted molar refractivity (Wildman–Crippen MR) is 180 cm³/mol. The van der Waals surface area contributed by atoms with Gasteiger partial charge < -0.3 is 4.42 Å². The smallest absolute Gasteiger partial charge is 0.227 e. The van der Waals surface area contributed by atoms with E-state index in [1.165, 1.54) is 0 Å². The number of para-hydroxylation sites is 1. The third-order valence-corrected chi connectivity index (χ3v) is 7.81. The van der Waals surface area contributed by atoms with Crippen LogP contribution in [-0.2, 0) is 0 Å². The third kappa shape index (κ3) is 5.17. The molecule has 5 nitrogen and oxygen atoms in total. The van der Waals surface area contributed by atoms with Gasteiger partial charge in [0, 0.05) is 27.8 Å². The fourth-order valence-electron chi connectivity index (χ4n) is 5.56. The van der Waals surface area contributed by atoms with Crippen molar-refractivity contribution in [3.63, 3.8) is 0 Å². The molecule has 0 amide bonds. The molecule has 0 bridgehead atoms. The number of nitrogens with zero attached hydrogens (tertiary/aromatic N) is 4. The third-order valence-electron chi connectivity index (χ3n) is 7.81. The largest absolute Gasteiger partial charge is 0.435 e. The Labute approximate surface area is 260 Å². The number of hydrogen-bond acceptors (Lipinski definition) is 5. The molecular weight excluding hydrogens is 552 g/mol. The minimum absolute atomic E-state index is 0.585. The van der Waals surface area contributed by atoms with Crippen molar-refractivity contribution in [1.29, 1.82) is 0 Å². The van der Waals surface area contributed by atoms with Crippen molar-refractivity contribution in [2.75, 3.05) is 0 Å². The van der Waals surface area contributed by atoms with E-state index < -0.39 is 0 Å². The number of rotatable bonds is 6. The molecule has 0 spiro atoms. The highest BCUT2D eigenvalue weighted by molar-refractivity contribution is 5.96. The molecule has 2 heterocycles. The zero-order valence-electron chi connectivity index (χ0n) is 24.2. The van der Waals surface area contributed by atoms with Crippen molar-refractivity contribution in [3.8, 4) is 67.9 Å². The molecule has 8 rings (SSSR count).